The number of hydrogen-bond acceptors (Lipinski definition) is 5. The molecule has 2 heterocycles. The Kier molecular flexibility index (Phi) is 6.91. The van der Waals surface area contributed by atoms with Crippen molar-refractivity contribution in [2.75, 3.05) is 13.2 Å². The molecule has 0 spiro atoms. The monoisotopic (exact) mass is 469 g/mol. The Balaban J connectivity index is 1.51. The van der Waals surface area contributed by atoms with Crippen LogP contribution in [0.1, 0.15) is 43.4 Å². The van der Waals surface area contributed by atoms with Crippen molar-refractivity contribution in [2.45, 2.75) is 37.8 Å². The van der Waals surface area contributed by atoms with Crippen molar-refractivity contribution < 1.29 is 19.0 Å². The van der Waals surface area contributed by atoms with Crippen LogP contribution in [0.5, 0.6) is 0 Å². The lowest BCUT2D eigenvalue weighted by molar-refractivity contribution is -0.0680. The van der Waals surface area contributed by atoms with Crippen LogP contribution >= 0.6 is 11.6 Å². The highest BCUT2D eigenvalue weighted by Crippen LogP contribution is 2.40. The van der Waals surface area contributed by atoms with E-state index in [2.05, 4.69) is 9.97 Å². The zero-order valence-electron chi connectivity index (χ0n) is 18.2. The maximum atomic E-state index is 13.4. The zero-order chi connectivity index (χ0) is 23.4. The average molecular weight is 470 g/mol. The topological polar surface area (TPSA) is 75.6 Å². The Morgan fingerprint density at radius 2 is 1.91 bits per heavy atom. The second-order valence-corrected chi connectivity index (χ2v) is 8.55. The highest BCUT2D eigenvalue weighted by Gasteiger charge is 2.43. The van der Waals surface area contributed by atoms with Gasteiger partial charge < -0.3 is 14.7 Å². The molecule has 6 nitrogen and oxygen atoms in total. The third-order valence-corrected chi connectivity index (χ3v) is 6.38. The molecular formula is C25H25ClFN3O3. The first kappa shape index (κ1) is 23.1. The molecule has 2 aromatic carbocycles. The Morgan fingerprint density at radius 1 is 1.18 bits per heavy atom. The standard InChI is InChI=1S/C25H25ClFN3O3/c1-17(18-3-5-19(6-4-18)22-15-23(26)29-16-28-22)30-13-12-25(11-2-14-31,33-24(30)32)20-7-9-21(27)10-8-20/h3-10,15-17,31H,2,11-14H2,1H3/t17-,25+/m0/s1. The quantitative estimate of drug-likeness (QED) is 0.462. The number of hydrogen-bond donors (Lipinski definition) is 1. The van der Waals surface area contributed by atoms with Crippen molar-refractivity contribution in [1.29, 1.82) is 0 Å². The molecule has 1 fully saturated rings. The first-order valence-corrected chi connectivity index (χ1v) is 11.2. The van der Waals surface area contributed by atoms with Crippen molar-refractivity contribution in [3.8, 4) is 11.3 Å². The summed E-state index contributed by atoms with van der Waals surface area (Å²) in [6.07, 6.45) is 2.49. The van der Waals surface area contributed by atoms with Gasteiger partial charge in [-0.25, -0.2) is 19.2 Å². The van der Waals surface area contributed by atoms with E-state index >= 15 is 0 Å². The minimum atomic E-state index is -0.875. The third-order valence-electron chi connectivity index (χ3n) is 6.17. The Morgan fingerprint density at radius 3 is 2.55 bits per heavy atom. The van der Waals surface area contributed by atoms with Crippen LogP contribution in [0.15, 0.2) is 60.9 Å². The lowest BCUT2D eigenvalue weighted by Gasteiger charge is -2.43. The molecular weight excluding hydrogens is 445 g/mol. The fourth-order valence-electron chi connectivity index (χ4n) is 4.27. The van der Waals surface area contributed by atoms with Crippen LogP contribution < -0.4 is 0 Å². The van der Waals surface area contributed by atoms with E-state index in [4.69, 9.17) is 16.3 Å². The van der Waals surface area contributed by atoms with Gasteiger partial charge in [0.25, 0.3) is 0 Å². The number of amides is 1. The third kappa shape index (κ3) is 4.99. The first-order chi connectivity index (χ1) is 15.9. The van der Waals surface area contributed by atoms with Crippen molar-refractivity contribution in [1.82, 2.24) is 14.9 Å². The summed E-state index contributed by atoms with van der Waals surface area (Å²) in [6, 6.07) is 15.3. The summed E-state index contributed by atoms with van der Waals surface area (Å²) in [5.74, 6) is -0.346. The smallest absolute Gasteiger partial charge is 0.411 e. The molecule has 33 heavy (non-hydrogen) atoms. The van der Waals surface area contributed by atoms with Crippen LogP contribution in [0.4, 0.5) is 9.18 Å². The van der Waals surface area contributed by atoms with Gasteiger partial charge in [-0.05, 0) is 43.0 Å². The van der Waals surface area contributed by atoms with Crippen molar-refractivity contribution in [3.63, 3.8) is 0 Å². The fourth-order valence-corrected chi connectivity index (χ4v) is 4.41. The van der Waals surface area contributed by atoms with Gasteiger partial charge in [-0.15, -0.1) is 0 Å². The number of carbonyl (C=O) groups excluding carboxylic acids is 1. The predicted octanol–water partition coefficient (Wildman–Crippen LogP) is 5.51. The molecule has 2 atom stereocenters. The molecule has 1 aromatic heterocycles. The molecule has 0 saturated carbocycles. The number of nitrogens with zero attached hydrogens (tertiary/aromatic N) is 3. The number of cyclic esters (lactones) is 1. The van der Waals surface area contributed by atoms with Crippen LogP contribution in [-0.2, 0) is 10.3 Å². The van der Waals surface area contributed by atoms with Crippen LogP contribution in [0.2, 0.25) is 5.15 Å². The summed E-state index contributed by atoms with van der Waals surface area (Å²) < 4.78 is 19.4. The van der Waals surface area contributed by atoms with Crippen molar-refractivity contribution in [2.24, 2.45) is 0 Å². The minimum Gasteiger partial charge on any atom is -0.438 e. The Hall–Kier alpha value is -3.03. The van der Waals surface area contributed by atoms with Gasteiger partial charge in [0.1, 0.15) is 22.9 Å². The summed E-state index contributed by atoms with van der Waals surface area (Å²) >= 11 is 5.96. The Bertz CT molecular complexity index is 1110. The number of rotatable bonds is 7. The average Bonchev–Trinajstić information content (AvgIpc) is 2.83. The second-order valence-electron chi connectivity index (χ2n) is 8.16. The van der Waals surface area contributed by atoms with Crippen LogP contribution in [0.3, 0.4) is 0 Å². The van der Waals surface area contributed by atoms with Gasteiger partial charge in [0.2, 0.25) is 0 Å². The molecule has 1 amide bonds. The molecule has 8 heteroatoms. The number of aliphatic hydroxyl groups is 1. The molecule has 1 N–H and O–H groups in total. The normalized spacial score (nSPS) is 19.3. The van der Waals surface area contributed by atoms with Crippen LogP contribution in [0, 0.1) is 5.82 Å². The SMILES string of the molecule is C[C@@H](c1ccc(-c2cc(Cl)ncn2)cc1)N1CC[C@](CCCO)(c2ccc(F)cc2)OC1=O. The minimum absolute atomic E-state index is 0.00942. The molecule has 0 unspecified atom stereocenters. The highest BCUT2D eigenvalue weighted by molar-refractivity contribution is 6.29. The van der Waals surface area contributed by atoms with Crippen molar-refractivity contribution in [3.05, 3.63) is 83.0 Å². The predicted molar refractivity (Wildman–Crippen MR) is 123 cm³/mol. The van der Waals surface area contributed by atoms with Crippen LogP contribution in [0.25, 0.3) is 11.3 Å². The number of carbonyl (C=O) groups is 1. The molecule has 0 bridgehead atoms. The molecule has 1 aliphatic rings. The van der Waals surface area contributed by atoms with Gasteiger partial charge in [-0.2, -0.15) is 0 Å². The number of benzene rings is 2. The van der Waals surface area contributed by atoms with E-state index in [0.717, 1.165) is 22.4 Å². The van der Waals surface area contributed by atoms with Crippen molar-refractivity contribution >= 4 is 17.7 Å². The number of aromatic nitrogens is 2. The van der Waals surface area contributed by atoms with E-state index < -0.39 is 11.7 Å². The second kappa shape index (κ2) is 9.85. The Labute approximate surface area is 197 Å². The van der Waals surface area contributed by atoms with Gasteiger partial charge in [0.15, 0.2) is 0 Å². The summed E-state index contributed by atoms with van der Waals surface area (Å²) in [4.78, 5) is 22.9. The van der Waals surface area contributed by atoms with Gasteiger partial charge in [-0.3, -0.25) is 0 Å². The number of aliphatic hydroxyl groups excluding tert-OH is 1. The molecule has 0 radical (unpaired) electrons. The van der Waals surface area contributed by atoms with E-state index in [1.165, 1.54) is 18.5 Å². The van der Waals surface area contributed by atoms with E-state index in [9.17, 15) is 14.3 Å². The van der Waals surface area contributed by atoms with E-state index in [0.29, 0.717) is 31.0 Å². The summed E-state index contributed by atoms with van der Waals surface area (Å²) in [6.45, 7) is 2.42. The number of halogens is 2. The molecule has 0 aliphatic carbocycles. The van der Waals surface area contributed by atoms with Crippen LogP contribution in [-0.4, -0.2) is 39.2 Å². The highest BCUT2D eigenvalue weighted by atomic mass is 35.5. The molecule has 4 rings (SSSR count). The first-order valence-electron chi connectivity index (χ1n) is 10.9. The summed E-state index contributed by atoms with van der Waals surface area (Å²) in [7, 11) is 0. The maximum Gasteiger partial charge on any atom is 0.411 e. The fraction of sp³-hybridized carbons (Fsp3) is 0.320. The lowest BCUT2D eigenvalue weighted by Crippen LogP contribution is -2.48. The molecule has 3 aromatic rings. The largest absolute Gasteiger partial charge is 0.438 e. The van der Waals surface area contributed by atoms with Gasteiger partial charge in [0.05, 0.1) is 11.7 Å². The molecule has 1 saturated heterocycles. The maximum absolute atomic E-state index is 13.4. The van der Waals surface area contributed by atoms with E-state index in [1.807, 2.05) is 31.2 Å². The molecule has 172 valence electrons. The molecule has 1 aliphatic heterocycles. The van der Waals surface area contributed by atoms with Gasteiger partial charge in [-0.1, -0.05) is 48.0 Å². The zero-order valence-corrected chi connectivity index (χ0v) is 19.0. The van der Waals surface area contributed by atoms with Gasteiger partial charge >= 0.3 is 6.09 Å². The van der Waals surface area contributed by atoms with E-state index in [1.54, 1.807) is 23.1 Å². The summed E-state index contributed by atoms with van der Waals surface area (Å²) in [5.41, 5.74) is 2.45. The lowest BCUT2D eigenvalue weighted by atomic mass is 9.84. The van der Waals surface area contributed by atoms with Gasteiger partial charge in [0, 0.05) is 31.2 Å². The van der Waals surface area contributed by atoms with E-state index in [-0.39, 0.29) is 18.5 Å². The summed E-state index contributed by atoms with van der Waals surface area (Å²) in [5, 5.41) is 9.73. The number of ether oxygens (including phenoxy) is 1.